The highest BCUT2D eigenvalue weighted by Crippen LogP contribution is 2.38. The average molecular weight is 255 g/mol. The minimum atomic E-state index is -0.763. The maximum atomic E-state index is 12.2. The maximum absolute atomic E-state index is 12.2. The predicted octanol–water partition coefficient (Wildman–Crippen LogP) is 2.09. The second kappa shape index (κ2) is 4.44. The second-order valence-corrected chi connectivity index (χ2v) is 6.01. The smallest absolute Gasteiger partial charge is 0.411 e. The fourth-order valence-corrected chi connectivity index (χ4v) is 2.70. The first-order chi connectivity index (χ1) is 8.35. The van der Waals surface area contributed by atoms with Crippen LogP contribution in [0.3, 0.4) is 0 Å². The number of carbonyl (C=O) groups excluding carboxylic acids is 2. The van der Waals surface area contributed by atoms with Crippen LogP contribution in [0.5, 0.6) is 0 Å². The van der Waals surface area contributed by atoms with Crippen molar-refractivity contribution in [2.24, 2.45) is 0 Å². The van der Waals surface area contributed by atoms with Gasteiger partial charge in [-0.25, -0.2) is 9.59 Å². The van der Waals surface area contributed by atoms with Gasteiger partial charge < -0.3 is 9.47 Å². The van der Waals surface area contributed by atoms with Crippen LogP contribution in [-0.4, -0.2) is 41.3 Å². The van der Waals surface area contributed by atoms with E-state index < -0.39 is 17.2 Å². The maximum Gasteiger partial charge on any atom is 0.411 e. The van der Waals surface area contributed by atoms with Crippen LogP contribution < -0.4 is 0 Å². The molecule has 2 heterocycles. The fourth-order valence-electron chi connectivity index (χ4n) is 2.70. The molecule has 0 radical (unpaired) electrons. The number of cyclic esters (lactones) is 1. The number of likely N-dealkylation sites (tertiary alicyclic amines) is 1. The van der Waals surface area contributed by atoms with E-state index in [4.69, 9.17) is 9.47 Å². The summed E-state index contributed by atoms with van der Waals surface area (Å²) in [5.74, 6) is -0.267. The quantitative estimate of drug-likeness (QED) is 0.622. The van der Waals surface area contributed by atoms with Crippen LogP contribution in [0.4, 0.5) is 4.79 Å². The standard InChI is InChI=1S/C13H21NO4/c1-12(2,3)18-11(16)14-8-4-6-13(14)7-5-9-17-10(13)15/h4-9H2,1-3H3. The Hall–Kier alpha value is -1.26. The highest BCUT2D eigenvalue weighted by molar-refractivity contribution is 5.87. The van der Waals surface area contributed by atoms with Crippen molar-refractivity contribution in [3.8, 4) is 0 Å². The zero-order chi connectivity index (χ0) is 13.4. The lowest BCUT2D eigenvalue weighted by molar-refractivity contribution is -0.162. The average Bonchev–Trinajstić information content (AvgIpc) is 2.65. The predicted molar refractivity (Wildman–Crippen MR) is 65.1 cm³/mol. The zero-order valence-electron chi connectivity index (χ0n) is 11.3. The van der Waals surface area contributed by atoms with Gasteiger partial charge in [0.25, 0.3) is 0 Å². The topological polar surface area (TPSA) is 55.8 Å². The number of hydrogen-bond acceptors (Lipinski definition) is 4. The van der Waals surface area contributed by atoms with Crippen LogP contribution in [-0.2, 0) is 14.3 Å². The van der Waals surface area contributed by atoms with Crippen molar-refractivity contribution in [1.29, 1.82) is 0 Å². The Bertz CT molecular complexity index is 360. The van der Waals surface area contributed by atoms with Gasteiger partial charge in [0.15, 0.2) is 0 Å². The number of ether oxygens (including phenoxy) is 2. The molecule has 2 aliphatic heterocycles. The van der Waals surface area contributed by atoms with Crippen LogP contribution in [0.15, 0.2) is 0 Å². The van der Waals surface area contributed by atoms with E-state index in [0.717, 1.165) is 12.8 Å². The molecule has 0 N–H and O–H groups in total. The summed E-state index contributed by atoms with van der Waals surface area (Å²) >= 11 is 0. The van der Waals surface area contributed by atoms with Crippen LogP contribution in [0.25, 0.3) is 0 Å². The third kappa shape index (κ3) is 2.31. The third-order valence-corrected chi connectivity index (χ3v) is 3.45. The van der Waals surface area contributed by atoms with Crippen molar-refractivity contribution in [1.82, 2.24) is 4.90 Å². The Morgan fingerprint density at radius 2 is 2.00 bits per heavy atom. The Labute approximate surface area is 107 Å². The van der Waals surface area contributed by atoms with Gasteiger partial charge in [0.2, 0.25) is 0 Å². The van der Waals surface area contributed by atoms with Crippen LogP contribution in [0.1, 0.15) is 46.5 Å². The molecule has 1 unspecified atom stereocenters. The van der Waals surface area contributed by atoms with Gasteiger partial charge in [0.1, 0.15) is 11.1 Å². The molecule has 1 spiro atoms. The van der Waals surface area contributed by atoms with E-state index in [1.165, 1.54) is 0 Å². The molecule has 0 aromatic rings. The SMILES string of the molecule is CC(C)(C)OC(=O)N1CCCC12CCCOC2=O. The Balaban J connectivity index is 2.16. The van der Waals surface area contributed by atoms with E-state index in [9.17, 15) is 9.59 Å². The molecule has 1 atom stereocenters. The minimum absolute atomic E-state index is 0.267. The zero-order valence-corrected chi connectivity index (χ0v) is 11.3. The van der Waals surface area contributed by atoms with Gasteiger partial charge >= 0.3 is 12.1 Å². The van der Waals surface area contributed by atoms with Crippen molar-refractivity contribution in [3.63, 3.8) is 0 Å². The first kappa shape index (κ1) is 13.2. The van der Waals surface area contributed by atoms with Crippen molar-refractivity contribution >= 4 is 12.1 Å². The van der Waals surface area contributed by atoms with Crippen LogP contribution in [0.2, 0.25) is 0 Å². The molecule has 0 aromatic heterocycles. The van der Waals surface area contributed by atoms with E-state index in [1.807, 2.05) is 20.8 Å². The van der Waals surface area contributed by atoms with Gasteiger partial charge in [-0.1, -0.05) is 0 Å². The molecule has 5 nitrogen and oxygen atoms in total. The lowest BCUT2D eigenvalue weighted by atomic mass is 9.89. The van der Waals surface area contributed by atoms with E-state index in [-0.39, 0.29) is 5.97 Å². The van der Waals surface area contributed by atoms with E-state index in [2.05, 4.69) is 0 Å². The molecule has 0 aliphatic carbocycles. The fraction of sp³-hybridized carbons (Fsp3) is 0.846. The van der Waals surface area contributed by atoms with Crippen molar-refractivity contribution in [2.45, 2.75) is 57.6 Å². The number of hydrogen-bond donors (Lipinski definition) is 0. The molecule has 5 heteroatoms. The van der Waals surface area contributed by atoms with Crippen LogP contribution >= 0.6 is 0 Å². The molecule has 0 saturated carbocycles. The number of carbonyl (C=O) groups is 2. The number of esters is 1. The molecule has 0 bridgehead atoms. The Morgan fingerprint density at radius 3 is 2.61 bits per heavy atom. The van der Waals surface area contributed by atoms with Gasteiger partial charge in [-0.05, 0) is 46.5 Å². The summed E-state index contributed by atoms with van der Waals surface area (Å²) in [5.41, 5.74) is -1.31. The van der Waals surface area contributed by atoms with Crippen LogP contribution in [0, 0.1) is 0 Å². The number of amides is 1. The van der Waals surface area contributed by atoms with Crippen molar-refractivity contribution in [3.05, 3.63) is 0 Å². The summed E-state index contributed by atoms with van der Waals surface area (Å²) in [7, 11) is 0. The molecule has 2 fully saturated rings. The normalized spacial score (nSPS) is 28.4. The van der Waals surface area contributed by atoms with Gasteiger partial charge in [-0.15, -0.1) is 0 Å². The van der Waals surface area contributed by atoms with Crippen molar-refractivity contribution < 1.29 is 19.1 Å². The van der Waals surface area contributed by atoms with Crippen molar-refractivity contribution in [2.75, 3.05) is 13.2 Å². The second-order valence-electron chi connectivity index (χ2n) is 6.01. The Kier molecular flexibility index (Phi) is 3.25. The summed E-state index contributed by atoms with van der Waals surface area (Å²) < 4.78 is 10.5. The molecule has 102 valence electrons. The van der Waals surface area contributed by atoms with E-state index in [1.54, 1.807) is 4.90 Å². The number of nitrogens with zero attached hydrogens (tertiary/aromatic N) is 1. The third-order valence-electron chi connectivity index (χ3n) is 3.45. The lowest BCUT2D eigenvalue weighted by Crippen LogP contribution is -2.56. The summed E-state index contributed by atoms with van der Waals surface area (Å²) in [4.78, 5) is 25.8. The Morgan fingerprint density at radius 1 is 1.33 bits per heavy atom. The first-order valence-corrected chi connectivity index (χ1v) is 6.53. The lowest BCUT2D eigenvalue weighted by Gasteiger charge is -2.39. The van der Waals surface area contributed by atoms with E-state index >= 15 is 0 Å². The van der Waals surface area contributed by atoms with Gasteiger partial charge in [0.05, 0.1) is 6.61 Å². The monoisotopic (exact) mass is 255 g/mol. The molecule has 2 saturated heterocycles. The van der Waals surface area contributed by atoms with E-state index in [0.29, 0.717) is 26.0 Å². The summed E-state index contributed by atoms with van der Waals surface area (Å²) in [5, 5.41) is 0. The van der Waals surface area contributed by atoms with Gasteiger partial charge in [-0.3, -0.25) is 4.90 Å². The summed E-state index contributed by atoms with van der Waals surface area (Å²) in [6, 6.07) is 0. The highest BCUT2D eigenvalue weighted by Gasteiger charge is 2.53. The molecule has 1 amide bonds. The highest BCUT2D eigenvalue weighted by atomic mass is 16.6. The molecule has 2 aliphatic rings. The summed E-state index contributed by atoms with van der Waals surface area (Å²) in [6.45, 7) is 6.51. The number of rotatable bonds is 0. The molecule has 18 heavy (non-hydrogen) atoms. The molecule has 0 aromatic carbocycles. The molecular weight excluding hydrogens is 234 g/mol. The first-order valence-electron chi connectivity index (χ1n) is 6.53. The van der Waals surface area contributed by atoms with Gasteiger partial charge in [-0.2, -0.15) is 0 Å². The van der Waals surface area contributed by atoms with Gasteiger partial charge in [0, 0.05) is 6.54 Å². The largest absolute Gasteiger partial charge is 0.464 e. The molecule has 2 rings (SSSR count). The summed E-state index contributed by atoms with van der Waals surface area (Å²) in [6.07, 6.45) is 2.61. The molecular formula is C13H21NO4. The minimum Gasteiger partial charge on any atom is -0.464 e.